The van der Waals surface area contributed by atoms with Crippen LogP contribution in [0, 0.1) is 0 Å². The van der Waals surface area contributed by atoms with Gasteiger partial charge in [-0.15, -0.1) is 0 Å². The molecule has 19 heteroatoms. The summed E-state index contributed by atoms with van der Waals surface area (Å²) in [7, 11) is -9.91. The van der Waals surface area contributed by atoms with Crippen molar-refractivity contribution in [1.82, 2.24) is 0 Å². The van der Waals surface area contributed by atoms with Crippen LogP contribution in [0.1, 0.15) is 445 Å². The number of phosphoric acid groups is 2. The Balaban J connectivity index is 5.11. The monoisotopic (exact) mass is 1480 g/mol. The molecule has 0 radical (unpaired) electrons. The molecule has 0 amide bonds. The van der Waals surface area contributed by atoms with Crippen LogP contribution < -0.4 is 0 Å². The lowest BCUT2D eigenvalue weighted by Gasteiger charge is -2.21. The van der Waals surface area contributed by atoms with Gasteiger partial charge in [0.25, 0.3) is 0 Å². The van der Waals surface area contributed by atoms with E-state index in [0.717, 1.165) is 103 Å². The number of aliphatic hydroxyl groups is 1. The van der Waals surface area contributed by atoms with Gasteiger partial charge >= 0.3 is 39.5 Å². The second kappa shape index (κ2) is 76.3. The molecule has 0 aromatic carbocycles. The highest BCUT2D eigenvalue weighted by Gasteiger charge is 2.30. The Morgan fingerprint density at radius 1 is 0.238 bits per heavy atom. The predicted molar refractivity (Wildman–Crippen MR) is 414 cm³/mol. The van der Waals surface area contributed by atoms with E-state index in [4.69, 9.17) is 37.0 Å². The molecule has 3 N–H and O–H groups in total. The molecule has 0 rings (SSSR count). The van der Waals surface area contributed by atoms with Gasteiger partial charge in [-0.25, -0.2) is 9.13 Å². The van der Waals surface area contributed by atoms with Crippen molar-refractivity contribution in [2.24, 2.45) is 0 Å². The highest BCUT2D eigenvalue weighted by atomic mass is 31.2. The van der Waals surface area contributed by atoms with E-state index < -0.39 is 97.5 Å². The summed E-state index contributed by atoms with van der Waals surface area (Å²) < 4.78 is 68.5. The van der Waals surface area contributed by atoms with Crippen LogP contribution in [0.5, 0.6) is 0 Å². The van der Waals surface area contributed by atoms with Crippen molar-refractivity contribution in [1.29, 1.82) is 0 Å². The summed E-state index contributed by atoms with van der Waals surface area (Å²) in [6.07, 6.45) is 69.9. The largest absolute Gasteiger partial charge is 0.472 e. The Kier molecular flexibility index (Phi) is 74.8. The number of carbonyl (C=O) groups is 4. The molecule has 0 heterocycles. The number of hydrogen-bond donors (Lipinski definition) is 3. The van der Waals surface area contributed by atoms with Crippen molar-refractivity contribution >= 4 is 39.5 Å². The first-order valence-corrected chi connectivity index (χ1v) is 45.8. The van der Waals surface area contributed by atoms with Gasteiger partial charge in [0.15, 0.2) is 12.2 Å². The van der Waals surface area contributed by atoms with Crippen molar-refractivity contribution < 1.29 is 80.2 Å². The summed E-state index contributed by atoms with van der Waals surface area (Å²) in [6.45, 7) is 4.96. The molecule has 17 nitrogen and oxygen atoms in total. The van der Waals surface area contributed by atoms with E-state index in [9.17, 15) is 43.2 Å². The van der Waals surface area contributed by atoms with E-state index in [1.165, 1.54) is 263 Å². The number of unbranched alkanes of at least 4 members (excludes halogenated alkanes) is 57. The number of hydrogen-bond acceptors (Lipinski definition) is 15. The molecule has 0 spiro atoms. The second-order valence-corrected chi connectivity index (χ2v) is 32.4. The summed E-state index contributed by atoms with van der Waals surface area (Å²) >= 11 is 0. The smallest absolute Gasteiger partial charge is 0.462 e. The Labute approximate surface area is 619 Å². The number of aliphatic hydroxyl groups excluding tert-OH is 1. The van der Waals surface area contributed by atoms with Crippen molar-refractivity contribution in [2.75, 3.05) is 39.6 Å². The number of esters is 4. The molecule has 2 unspecified atom stereocenters. The van der Waals surface area contributed by atoms with Gasteiger partial charge in [-0.1, -0.05) is 394 Å². The van der Waals surface area contributed by atoms with Gasteiger partial charge in [-0.2, -0.15) is 0 Å². The van der Waals surface area contributed by atoms with Gasteiger partial charge in [0, 0.05) is 25.7 Å². The number of carbonyl (C=O) groups excluding carboxylic acids is 4. The minimum absolute atomic E-state index is 0.107. The average molecular weight is 1480 g/mol. The van der Waals surface area contributed by atoms with Crippen molar-refractivity contribution in [3.05, 3.63) is 0 Å². The van der Waals surface area contributed by atoms with E-state index in [1.807, 2.05) is 0 Å². The average Bonchev–Trinajstić information content (AvgIpc) is 0.990. The van der Waals surface area contributed by atoms with Crippen LogP contribution in [-0.2, 0) is 65.4 Å². The van der Waals surface area contributed by atoms with Crippen LogP contribution in [-0.4, -0.2) is 96.7 Å². The highest BCUT2D eigenvalue weighted by molar-refractivity contribution is 7.47. The first-order chi connectivity index (χ1) is 49.2. The zero-order valence-electron chi connectivity index (χ0n) is 65.9. The lowest BCUT2D eigenvalue weighted by atomic mass is 10.0. The maximum atomic E-state index is 13.1. The Morgan fingerprint density at radius 2 is 0.396 bits per heavy atom. The van der Waals surface area contributed by atoms with Crippen molar-refractivity contribution in [3.8, 4) is 0 Å². The quantitative estimate of drug-likeness (QED) is 0.0222. The maximum Gasteiger partial charge on any atom is 0.472 e. The fourth-order valence-corrected chi connectivity index (χ4v) is 14.4. The molecule has 0 aliphatic carbocycles. The van der Waals surface area contributed by atoms with Crippen molar-refractivity contribution in [3.63, 3.8) is 0 Å². The fraction of sp³-hybridized carbons (Fsp3) is 0.951. The normalized spacial score (nSPS) is 13.8. The van der Waals surface area contributed by atoms with Gasteiger partial charge in [0.2, 0.25) is 0 Å². The summed E-state index contributed by atoms with van der Waals surface area (Å²) in [5, 5.41) is 10.6. The number of rotatable bonds is 83. The summed E-state index contributed by atoms with van der Waals surface area (Å²) in [5.41, 5.74) is 0. The molecule has 0 aromatic heterocycles. The molecule has 0 aromatic rings. The van der Waals surface area contributed by atoms with E-state index in [-0.39, 0.29) is 25.7 Å². The lowest BCUT2D eigenvalue weighted by Crippen LogP contribution is -2.30. The summed E-state index contributed by atoms with van der Waals surface area (Å²) in [6, 6.07) is 0. The summed E-state index contributed by atoms with van der Waals surface area (Å²) in [5.74, 6) is -2.11. The molecule has 0 aliphatic heterocycles. The zero-order chi connectivity index (χ0) is 73.9. The van der Waals surface area contributed by atoms with Gasteiger partial charge < -0.3 is 33.8 Å². The van der Waals surface area contributed by atoms with Crippen LogP contribution in [0.3, 0.4) is 0 Å². The molecule has 0 bridgehead atoms. The highest BCUT2D eigenvalue weighted by Crippen LogP contribution is 2.45. The third kappa shape index (κ3) is 76.1. The third-order valence-electron chi connectivity index (χ3n) is 19.4. The van der Waals surface area contributed by atoms with Crippen LogP contribution in [0.25, 0.3) is 0 Å². The first kappa shape index (κ1) is 99.1. The first-order valence-electron chi connectivity index (χ1n) is 42.8. The van der Waals surface area contributed by atoms with Crippen LogP contribution in [0.2, 0.25) is 0 Å². The number of ether oxygens (including phenoxy) is 4. The maximum absolute atomic E-state index is 13.1. The molecular formula is C82H160O17P2. The summed E-state index contributed by atoms with van der Waals surface area (Å²) in [4.78, 5) is 72.8. The SMILES string of the molecule is CCCCCCCCCCCCCCCCCCCCCCCCC(=O)OC[C@H](COP(=O)(O)OC[C@@H](O)COP(=O)(O)OC[C@@H](COC(=O)CCCCCCCCC)OC(=O)CCCCCCCCCCCC)OC(=O)CCCCCCCCCCCCCCCCCCCCCCCC. The molecule has 600 valence electrons. The fourth-order valence-electron chi connectivity index (χ4n) is 12.8. The standard InChI is InChI=1S/C82H160O17P2/c1-5-9-13-17-21-24-27-29-31-33-35-37-39-41-43-45-47-49-52-55-59-63-67-80(85)93-73-78(99-82(87)69-65-61-57-53-50-48-46-44-42-40-38-36-34-32-30-28-25-22-18-14-10-6-2)75-97-101(90,91)95-71-76(83)70-94-100(88,89)96-74-77(72-92-79(84)66-62-58-54-20-16-12-8-4)98-81(86)68-64-60-56-51-26-23-19-15-11-7-3/h76-78,83H,5-75H2,1-4H3,(H,88,89)(H,90,91)/t76-,77+,78+/m0/s1. The lowest BCUT2D eigenvalue weighted by molar-refractivity contribution is -0.161. The van der Waals surface area contributed by atoms with Crippen molar-refractivity contribution in [2.45, 2.75) is 463 Å². The van der Waals surface area contributed by atoms with Gasteiger partial charge in [-0.3, -0.25) is 37.3 Å². The zero-order valence-corrected chi connectivity index (χ0v) is 67.7. The second-order valence-electron chi connectivity index (χ2n) is 29.5. The third-order valence-corrected chi connectivity index (χ3v) is 21.3. The molecule has 0 aliphatic rings. The molecular weight excluding hydrogens is 1320 g/mol. The molecule has 0 saturated carbocycles. The van der Waals surface area contributed by atoms with E-state index in [0.29, 0.717) is 25.7 Å². The van der Waals surface area contributed by atoms with E-state index >= 15 is 0 Å². The van der Waals surface area contributed by atoms with Gasteiger partial charge in [0.05, 0.1) is 26.4 Å². The van der Waals surface area contributed by atoms with Gasteiger partial charge in [-0.05, 0) is 25.7 Å². The molecule has 0 fully saturated rings. The Hall–Kier alpha value is -1.94. The van der Waals surface area contributed by atoms with E-state index in [2.05, 4.69) is 27.7 Å². The minimum atomic E-state index is -4.96. The van der Waals surface area contributed by atoms with Gasteiger partial charge in [0.1, 0.15) is 19.3 Å². The predicted octanol–water partition coefficient (Wildman–Crippen LogP) is 25.0. The van der Waals surface area contributed by atoms with Crippen LogP contribution >= 0.6 is 15.6 Å². The number of phosphoric ester groups is 2. The van der Waals surface area contributed by atoms with E-state index in [1.54, 1.807) is 0 Å². The van der Waals surface area contributed by atoms with Crippen LogP contribution in [0.4, 0.5) is 0 Å². The minimum Gasteiger partial charge on any atom is -0.462 e. The Bertz CT molecular complexity index is 1910. The topological polar surface area (TPSA) is 237 Å². The Morgan fingerprint density at radius 3 is 0.584 bits per heavy atom. The molecule has 101 heavy (non-hydrogen) atoms. The molecule has 0 saturated heterocycles. The molecule has 5 atom stereocenters. The van der Waals surface area contributed by atoms with Crippen LogP contribution in [0.15, 0.2) is 0 Å².